The quantitative estimate of drug-likeness (QED) is 0.625. The van der Waals surface area contributed by atoms with Crippen molar-refractivity contribution in [3.63, 3.8) is 0 Å². The minimum atomic E-state index is -0.342. The van der Waals surface area contributed by atoms with Gasteiger partial charge in [0.2, 0.25) is 0 Å². The smallest absolute Gasteiger partial charge is 0.258 e. The summed E-state index contributed by atoms with van der Waals surface area (Å²) in [4.78, 5) is 12.2. The van der Waals surface area contributed by atoms with Crippen molar-refractivity contribution in [2.45, 2.75) is 6.54 Å². The lowest BCUT2D eigenvalue weighted by Gasteiger charge is -2.10. The van der Waals surface area contributed by atoms with Crippen LogP contribution in [0.1, 0.15) is 15.9 Å². The van der Waals surface area contributed by atoms with Crippen LogP contribution in [-0.4, -0.2) is 30.3 Å². The predicted octanol–water partition coefficient (Wildman–Crippen LogP) is 4.01. The highest BCUT2D eigenvalue weighted by molar-refractivity contribution is 6.34. The molecule has 144 valence electrons. The van der Waals surface area contributed by atoms with Gasteiger partial charge in [-0.2, -0.15) is 0 Å². The van der Waals surface area contributed by atoms with Crippen LogP contribution in [0.4, 0.5) is 11.6 Å². The number of carbonyl (C=O) groups excluding carboxylic acids is 1. The minimum absolute atomic E-state index is 0.335. The zero-order valence-corrected chi connectivity index (χ0v) is 16.2. The summed E-state index contributed by atoms with van der Waals surface area (Å²) in [6, 6.07) is 15.9. The van der Waals surface area contributed by atoms with Gasteiger partial charge in [0, 0.05) is 6.54 Å². The van der Waals surface area contributed by atoms with E-state index >= 15 is 0 Å². The first-order valence-corrected chi connectivity index (χ1v) is 8.83. The van der Waals surface area contributed by atoms with Crippen LogP contribution in [0.2, 0.25) is 5.02 Å². The molecule has 0 saturated carbocycles. The second kappa shape index (κ2) is 9.05. The maximum atomic E-state index is 12.2. The van der Waals surface area contributed by atoms with E-state index in [1.807, 2.05) is 18.2 Å². The summed E-state index contributed by atoms with van der Waals surface area (Å²) < 4.78 is 10.5. The minimum Gasteiger partial charge on any atom is -0.493 e. The average molecular weight is 399 g/mol. The van der Waals surface area contributed by atoms with Gasteiger partial charge < -0.3 is 20.1 Å². The molecule has 7 nitrogen and oxygen atoms in total. The topological polar surface area (TPSA) is 85.4 Å². The van der Waals surface area contributed by atoms with Gasteiger partial charge in [-0.25, -0.2) is 0 Å². The van der Waals surface area contributed by atoms with Gasteiger partial charge in [-0.15, -0.1) is 10.2 Å². The number of halogens is 1. The maximum absolute atomic E-state index is 12.2. The number of carbonyl (C=O) groups is 1. The van der Waals surface area contributed by atoms with Gasteiger partial charge in [0.15, 0.2) is 17.3 Å². The molecule has 28 heavy (non-hydrogen) atoms. The molecule has 0 atom stereocenters. The Morgan fingerprint density at radius 1 is 0.964 bits per heavy atom. The van der Waals surface area contributed by atoms with E-state index in [0.29, 0.717) is 40.3 Å². The second-order valence-corrected chi connectivity index (χ2v) is 6.19. The van der Waals surface area contributed by atoms with Crippen LogP contribution in [0.5, 0.6) is 11.5 Å². The molecule has 0 aliphatic carbocycles. The van der Waals surface area contributed by atoms with Crippen molar-refractivity contribution in [1.29, 1.82) is 0 Å². The normalized spacial score (nSPS) is 10.2. The number of amides is 1. The van der Waals surface area contributed by atoms with Crippen molar-refractivity contribution in [2.24, 2.45) is 0 Å². The van der Waals surface area contributed by atoms with Gasteiger partial charge in [0.1, 0.15) is 5.82 Å². The van der Waals surface area contributed by atoms with Crippen molar-refractivity contribution in [2.75, 3.05) is 24.9 Å². The lowest BCUT2D eigenvalue weighted by molar-refractivity contribution is 0.102. The number of nitrogens with zero attached hydrogens (tertiary/aromatic N) is 2. The maximum Gasteiger partial charge on any atom is 0.258 e. The molecule has 3 aromatic rings. The summed E-state index contributed by atoms with van der Waals surface area (Å²) in [5, 5.41) is 14.3. The molecular formula is C20H19ClN4O3. The van der Waals surface area contributed by atoms with Gasteiger partial charge in [-0.05, 0) is 42.0 Å². The van der Waals surface area contributed by atoms with Crippen molar-refractivity contribution >= 4 is 29.1 Å². The Morgan fingerprint density at radius 3 is 2.36 bits per heavy atom. The number of benzene rings is 2. The highest BCUT2D eigenvalue weighted by Crippen LogP contribution is 2.27. The zero-order valence-electron chi connectivity index (χ0n) is 15.4. The fourth-order valence-corrected chi connectivity index (χ4v) is 2.73. The summed E-state index contributed by atoms with van der Waals surface area (Å²) in [5.41, 5.74) is 1.37. The molecule has 1 aromatic heterocycles. The molecule has 0 spiro atoms. The summed E-state index contributed by atoms with van der Waals surface area (Å²) in [6.45, 7) is 0.528. The van der Waals surface area contributed by atoms with Gasteiger partial charge >= 0.3 is 0 Å². The third-order valence-electron chi connectivity index (χ3n) is 3.95. The van der Waals surface area contributed by atoms with E-state index in [0.717, 1.165) is 5.56 Å². The Morgan fingerprint density at radius 2 is 1.68 bits per heavy atom. The molecule has 3 rings (SSSR count). The molecule has 0 aliphatic heterocycles. The third-order valence-corrected chi connectivity index (χ3v) is 4.28. The van der Waals surface area contributed by atoms with Crippen LogP contribution in [0.3, 0.4) is 0 Å². The molecule has 0 bridgehead atoms. The van der Waals surface area contributed by atoms with E-state index in [9.17, 15) is 4.79 Å². The Hall–Kier alpha value is -3.32. The Kier molecular flexibility index (Phi) is 6.29. The van der Waals surface area contributed by atoms with Gasteiger partial charge in [0.05, 0.1) is 24.8 Å². The van der Waals surface area contributed by atoms with Crippen LogP contribution >= 0.6 is 11.6 Å². The molecule has 0 saturated heterocycles. The van der Waals surface area contributed by atoms with Gasteiger partial charge in [-0.3, -0.25) is 4.79 Å². The fraction of sp³-hybridized carbons (Fsp3) is 0.150. The lowest BCUT2D eigenvalue weighted by Crippen LogP contribution is -2.14. The predicted molar refractivity (Wildman–Crippen MR) is 108 cm³/mol. The fourth-order valence-electron chi connectivity index (χ4n) is 2.51. The monoisotopic (exact) mass is 398 g/mol. The number of anilines is 2. The van der Waals surface area contributed by atoms with E-state index in [1.165, 1.54) is 0 Å². The van der Waals surface area contributed by atoms with Crippen LogP contribution in [0, 0.1) is 0 Å². The summed E-state index contributed by atoms with van der Waals surface area (Å²) >= 11 is 6.03. The van der Waals surface area contributed by atoms with Crippen LogP contribution < -0.4 is 20.1 Å². The summed E-state index contributed by atoms with van der Waals surface area (Å²) in [6.07, 6.45) is 0. The van der Waals surface area contributed by atoms with E-state index in [-0.39, 0.29) is 5.91 Å². The SMILES string of the molecule is COc1ccc(CNc2ccc(NC(=O)c3ccccc3Cl)nn2)cc1OC. The molecular weight excluding hydrogens is 380 g/mol. The Bertz CT molecular complexity index is 964. The largest absolute Gasteiger partial charge is 0.493 e. The first-order valence-electron chi connectivity index (χ1n) is 8.45. The van der Waals surface area contributed by atoms with Crippen LogP contribution in [0.15, 0.2) is 54.6 Å². The van der Waals surface area contributed by atoms with Crippen LogP contribution in [-0.2, 0) is 6.54 Å². The van der Waals surface area contributed by atoms with E-state index in [1.54, 1.807) is 50.6 Å². The molecule has 0 aliphatic rings. The average Bonchev–Trinajstić information content (AvgIpc) is 2.73. The van der Waals surface area contributed by atoms with E-state index in [2.05, 4.69) is 20.8 Å². The van der Waals surface area contributed by atoms with Crippen LogP contribution in [0.25, 0.3) is 0 Å². The number of methoxy groups -OCH3 is 2. The van der Waals surface area contributed by atoms with Gasteiger partial charge in [-0.1, -0.05) is 29.8 Å². The number of rotatable bonds is 7. The third kappa shape index (κ3) is 4.69. The Balaban J connectivity index is 1.60. The summed E-state index contributed by atoms with van der Waals surface area (Å²) in [7, 11) is 3.19. The van der Waals surface area contributed by atoms with Crippen molar-refractivity contribution in [1.82, 2.24) is 10.2 Å². The molecule has 0 unspecified atom stereocenters. The lowest BCUT2D eigenvalue weighted by atomic mass is 10.2. The number of nitrogens with one attached hydrogen (secondary N) is 2. The molecule has 0 radical (unpaired) electrons. The van der Waals surface area contributed by atoms with Crippen molar-refractivity contribution in [3.8, 4) is 11.5 Å². The van der Waals surface area contributed by atoms with Crippen molar-refractivity contribution in [3.05, 3.63) is 70.7 Å². The second-order valence-electron chi connectivity index (χ2n) is 5.78. The number of hydrogen-bond donors (Lipinski definition) is 2. The first-order chi connectivity index (χ1) is 13.6. The number of aromatic nitrogens is 2. The van der Waals surface area contributed by atoms with Crippen molar-refractivity contribution < 1.29 is 14.3 Å². The molecule has 2 aromatic carbocycles. The van der Waals surface area contributed by atoms with Gasteiger partial charge in [0.25, 0.3) is 5.91 Å². The summed E-state index contributed by atoms with van der Waals surface area (Å²) in [5.74, 6) is 1.90. The molecule has 1 heterocycles. The highest BCUT2D eigenvalue weighted by Gasteiger charge is 2.11. The molecule has 8 heteroatoms. The van der Waals surface area contributed by atoms with E-state index in [4.69, 9.17) is 21.1 Å². The Labute approximate surface area is 167 Å². The molecule has 1 amide bonds. The number of hydrogen-bond acceptors (Lipinski definition) is 6. The molecule has 2 N–H and O–H groups in total. The zero-order chi connectivity index (χ0) is 19.9. The standard InChI is InChI=1S/C20H19ClN4O3/c1-27-16-8-7-13(11-17(16)28-2)12-22-18-9-10-19(25-24-18)23-20(26)14-5-3-4-6-15(14)21/h3-11H,12H2,1-2H3,(H,22,24)(H,23,25,26). The molecule has 0 fully saturated rings. The number of ether oxygens (including phenoxy) is 2. The van der Waals surface area contributed by atoms with E-state index < -0.39 is 0 Å². The first kappa shape index (κ1) is 19.4. The highest BCUT2D eigenvalue weighted by atomic mass is 35.5.